The van der Waals surface area contributed by atoms with Crippen LogP contribution in [0.5, 0.6) is 0 Å². The Labute approximate surface area is 120 Å². The smallest absolute Gasteiger partial charge is 0.107 e. The van der Waals surface area contributed by atoms with E-state index in [4.69, 9.17) is 4.98 Å². The van der Waals surface area contributed by atoms with Gasteiger partial charge in [0, 0.05) is 18.5 Å². The Kier molecular flexibility index (Phi) is 5.37. The number of aliphatic hydroxyl groups is 1. The first kappa shape index (κ1) is 14.9. The highest BCUT2D eigenvalue weighted by Crippen LogP contribution is 2.27. The molecule has 0 aliphatic heterocycles. The third kappa shape index (κ3) is 5.59. The van der Waals surface area contributed by atoms with Crippen LogP contribution < -0.4 is 5.32 Å². The Bertz CT molecular complexity index is 378. The molecule has 1 aliphatic rings. The number of nitrogens with one attached hydrogen (secondary N) is 1. The fraction of sp³-hybridized carbons (Fsp3) is 0.800. The van der Waals surface area contributed by atoms with Crippen LogP contribution in [0.4, 0.5) is 0 Å². The van der Waals surface area contributed by atoms with E-state index in [2.05, 4.69) is 10.7 Å². The van der Waals surface area contributed by atoms with Crippen molar-refractivity contribution < 1.29 is 5.11 Å². The highest BCUT2D eigenvalue weighted by Gasteiger charge is 2.16. The summed E-state index contributed by atoms with van der Waals surface area (Å²) >= 11 is 1.73. The Balaban J connectivity index is 1.75. The first-order chi connectivity index (χ1) is 9.03. The van der Waals surface area contributed by atoms with Gasteiger partial charge in [0.05, 0.1) is 11.3 Å². The summed E-state index contributed by atoms with van der Waals surface area (Å²) in [6.07, 6.45) is 8.12. The van der Waals surface area contributed by atoms with Gasteiger partial charge in [0.25, 0.3) is 0 Å². The molecule has 1 aromatic heterocycles. The van der Waals surface area contributed by atoms with Crippen molar-refractivity contribution >= 4 is 11.3 Å². The van der Waals surface area contributed by atoms with Crippen LogP contribution in [-0.2, 0) is 13.0 Å². The van der Waals surface area contributed by atoms with Gasteiger partial charge in [0.2, 0.25) is 0 Å². The van der Waals surface area contributed by atoms with Gasteiger partial charge in [-0.3, -0.25) is 0 Å². The van der Waals surface area contributed by atoms with Crippen molar-refractivity contribution in [1.82, 2.24) is 10.3 Å². The summed E-state index contributed by atoms with van der Waals surface area (Å²) in [4.78, 5) is 4.70. The number of hydrogen-bond donors (Lipinski definition) is 2. The lowest BCUT2D eigenvalue weighted by Gasteiger charge is -2.20. The van der Waals surface area contributed by atoms with Crippen molar-refractivity contribution in [1.29, 1.82) is 0 Å². The lowest BCUT2D eigenvalue weighted by molar-refractivity contribution is 0.0795. The van der Waals surface area contributed by atoms with Gasteiger partial charge in [-0.25, -0.2) is 4.98 Å². The zero-order valence-corrected chi connectivity index (χ0v) is 12.9. The molecular formula is C15H26N2OS. The molecule has 2 rings (SSSR count). The van der Waals surface area contributed by atoms with E-state index >= 15 is 0 Å². The molecule has 0 unspecified atom stereocenters. The largest absolute Gasteiger partial charge is 0.389 e. The molecule has 19 heavy (non-hydrogen) atoms. The van der Waals surface area contributed by atoms with E-state index in [9.17, 15) is 5.11 Å². The summed E-state index contributed by atoms with van der Waals surface area (Å²) in [6.45, 7) is 5.00. The van der Waals surface area contributed by atoms with E-state index in [0.29, 0.717) is 6.54 Å². The first-order valence-corrected chi connectivity index (χ1v) is 8.27. The van der Waals surface area contributed by atoms with E-state index in [1.807, 2.05) is 13.8 Å². The second-order valence-electron chi connectivity index (χ2n) is 6.36. The van der Waals surface area contributed by atoms with Crippen molar-refractivity contribution in [3.05, 3.63) is 16.1 Å². The molecule has 0 spiro atoms. The molecular weight excluding hydrogens is 256 g/mol. The maximum Gasteiger partial charge on any atom is 0.107 e. The predicted octanol–water partition coefficient (Wildman–Crippen LogP) is 3.13. The van der Waals surface area contributed by atoms with Crippen molar-refractivity contribution in [2.45, 2.75) is 64.5 Å². The molecule has 0 aromatic carbocycles. The third-order valence-electron chi connectivity index (χ3n) is 3.66. The predicted molar refractivity (Wildman–Crippen MR) is 80.4 cm³/mol. The SMILES string of the molecule is CC(C)(O)CNCc1nc(CC2CCCCC2)cs1. The molecule has 0 saturated heterocycles. The highest BCUT2D eigenvalue weighted by molar-refractivity contribution is 7.09. The molecule has 1 aromatic rings. The quantitative estimate of drug-likeness (QED) is 0.842. The molecule has 108 valence electrons. The zero-order valence-electron chi connectivity index (χ0n) is 12.1. The molecule has 3 nitrogen and oxygen atoms in total. The molecule has 1 aliphatic carbocycles. The van der Waals surface area contributed by atoms with E-state index in [1.165, 1.54) is 37.8 Å². The van der Waals surface area contributed by atoms with E-state index in [1.54, 1.807) is 11.3 Å². The minimum Gasteiger partial charge on any atom is -0.389 e. The Morgan fingerprint density at radius 1 is 1.37 bits per heavy atom. The van der Waals surface area contributed by atoms with E-state index < -0.39 is 5.60 Å². The van der Waals surface area contributed by atoms with E-state index in [-0.39, 0.29) is 0 Å². The third-order valence-corrected chi connectivity index (χ3v) is 4.55. The Hall–Kier alpha value is -0.450. The summed E-state index contributed by atoms with van der Waals surface area (Å²) in [6, 6.07) is 0. The Morgan fingerprint density at radius 3 is 2.79 bits per heavy atom. The van der Waals surface area contributed by atoms with Gasteiger partial charge in [-0.2, -0.15) is 0 Å². The maximum absolute atomic E-state index is 9.64. The molecule has 1 saturated carbocycles. The number of hydrogen-bond acceptors (Lipinski definition) is 4. The normalized spacial score (nSPS) is 17.8. The van der Waals surface area contributed by atoms with Crippen LogP contribution in [0.1, 0.15) is 56.7 Å². The van der Waals surface area contributed by atoms with Crippen LogP contribution in [0.2, 0.25) is 0 Å². The zero-order chi connectivity index (χ0) is 13.7. The van der Waals surface area contributed by atoms with Crippen LogP contribution >= 0.6 is 11.3 Å². The van der Waals surface area contributed by atoms with Crippen LogP contribution in [0.3, 0.4) is 0 Å². The van der Waals surface area contributed by atoms with Crippen LogP contribution in [0.25, 0.3) is 0 Å². The molecule has 0 amide bonds. The topological polar surface area (TPSA) is 45.1 Å². The van der Waals surface area contributed by atoms with Gasteiger partial charge in [-0.05, 0) is 26.2 Å². The summed E-state index contributed by atoms with van der Waals surface area (Å²) in [5.41, 5.74) is 0.610. The maximum atomic E-state index is 9.64. The van der Waals surface area contributed by atoms with Gasteiger partial charge in [-0.15, -0.1) is 11.3 Å². The van der Waals surface area contributed by atoms with Crippen molar-refractivity contribution in [3.8, 4) is 0 Å². The Morgan fingerprint density at radius 2 is 2.11 bits per heavy atom. The van der Waals surface area contributed by atoms with Crippen LogP contribution in [0, 0.1) is 5.92 Å². The fourth-order valence-electron chi connectivity index (χ4n) is 2.69. The summed E-state index contributed by atoms with van der Waals surface area (Å²) in [7, 11) is 0. The van der Waals surface area contributed by atoms with Crippen LogP contribution in [0.15, 0.2) is 5.38 Å². The second-order valence-corrected chi connectivity index (χ2v) is 7.30. The van der Waals surface area contributed by atoms with Crippen molar-refractivity contribution in [2.24, 2.45) is 5.92 Å². The summed E-state index contributed by atoms with van der Waals surface area (Å²) in [5.74, 6) is 0.855. The average Bonchev–Trinajstić information content (AvgIpc) is 2.76. The van der Waals surface area contributed by atoms with Gasteiger partial charge < -0.3 is 10.4 Å². The number of nitrogens with zero attached hydrogens (tertiary/aromatic N) is 1. The molecule has 0 radical (unpaired) electrons. The van der Waals surface area contributed by atoms with Gasteiger partial charge >= 0.3 is 0 Å². The standard InChI is InChI=1S/C15H26N2OS/c1-15(2,18)11-16-9-14-17-13(10-19-14)8-12-6-4-3-5-7-12/h10,12,16,18H,3-9,11H2,1-2H3. The molecule has 0 atom stereocenters. The minimum atomic E-state index is -0.651. The molecule has 2 N–H and O–H groups in total. The van der Waals surface area contributed by atoms with Gasteiger partial charge in [-0.1, -0.05) is 32.1 Å². The van der Waals surface area contributed by atoms with Crippen LogP contribution in [-0.4, -0.2) is 22.2 Å². The molecule has 4 heteroatoms. The van der Waals surface area contributed by atoms with E-state index in [0.717, 1.165) is 23.9 Å². The molecule has 1 fully saturated rings. The highest BCUT2D eigenvalue weighted by atomic mass is 32.1. The van der Waals surface area contributed by atoms with Gasteiger partial charge in [0.1, 0.15) is 5.01 Å². The summed E-state index contributed by atoms with van der Waals surface area (Å²) in [5, 5.41) is 16.2. The summed E-state index contributed by atoms with van der Waals surface area (Å²) < 4.78 is 0. The minimum absolute atomic E-state index is 0.602. The first-order valence-electron chi connectivity index (χ1n) is 7.39. The number of aromatic nitrogens is 1. The monoisotopic (exact) mass is 282 g/mol. The molecule has 0 bridgehead atoms. The lowest BCUT2D eigenvalue weighted by Crippen LogP contribution is -2.34. The van der Waals surface area contributed by atoms with Gasteiger partial charge in [0.15, 0.2) is 0 Å². The number of thiazole rings is 1. The molecule has 1 heterocycles. The number of rotatable bonds is 6. The van der Waals surface area contributed by atoms with Crippen molar-refractivity contribution in [2.75, 3.05) is 6.54 Å². The average molecular weight is 282 g/mol. The lowest BCUT2D eigenvalue weighted by atomic mass is 9.86. The van der Waals surface area contributed by atoms with Crippen molar-refractivity contribution in [3.63, 3.8) is 0 Å². The fourth-order valence-corrected chi connectivity index (χ4v) is 3.46. The second kappa shape index (κ2) is 6.82.